The summed E-state index contributed by atoms with van der Waals surface area (Å²) in [4.78, 5) is 31.1. The van der Waals surface area contributed by atoms with Crippen molar-refractivity contribution in [3.8, 4) is 0 Å². The molecular weight excluding hydrogens is 565 g/mol. The first-order chi connectivity index (χ1) is 17.7. The maximum absolute atomic E-state index is 14.0. The summed E-state index contributed by atoms with van der Waals surface area (Å²) in [5, 5.41) is 2.51. The molecule has 1 aliphatic rings. The highest BCUT2D eigenvalue weighted by Gasteiger charge is 2.34. The van der Waals surface area contributed by atoms with E-state index in [1.807, 2.05) is 4.90 Å². The third-order valence-electron chi connectivity index (χ3n) is 6.06. The summed E-state index contributed by atoms with van der Waals surface area (Å²) in [5.74, 6) is -0.657. The Labute approximate surface area is 230 Å². The molecule has 7 nitrogen and oxygen atoms in total. The number of rotatable bonds is 7. The van der Waals surface area contributed by atoms with Gasteiger partial charge >= 0.3 is 12.3 Å². The van der Waals surface area contributed by atoms with Gasteiger partial charge in [0, 0.05) is 48.6 Å². The second-order valence-electron chi connectivity index (χ2n) is 10.2. The Hall–Kier alpha value is -2.63. The van der Waals surface area contributed by atoms with Gasteiger partial charge in [0.15, 0.2) is 0 Å². The largest absolute Gasteiger partial charge is 0.443 e. The molecule has 38 heavy (non-hydrogen) atoms. The average Bonchev–Trinajstić information content (AvgIpc) is 2.83. The van der Waals surface area contributed by atoms with Crippen molar-refractivity contribution >= 4 is 39.3 Å². The number of halogens is 4. The lowest BCUT2D eigenvalue weighted by molar-refractivity contribution is -0.138. The zero-order valence-electron chi connectivity index (χ0n) is 22.1. The number of hydrogen-bond acceptors (Lipinski definition) is 5. The van der Waals surface area contributed by atoms with E-state index in [-0.39, 0.29) is 17.8 Å². The number of hydrogen-bond donors (Lipinski definition) is 1. The molecule has 11 heteroatoms. The number of piperazine rings is 1. The molecule has 208 valence electrons. The first kappa shape index (κ1) is 29.9. The molecule has 2 aromatic rings. The maximum Gasteiger partial charge on any atom is 0.416 e. The van der Waals surface area contributed by atoms with Crippen LogP contribution in [0.5, 0.6) is 0 Å². The SMILES string of the molecule is CCN1CCN(Cc2ccc(NC(=O)CN(C(=O)OC(C)(C)C)c3ccc(Br)cc3)cc2C(F)(F)F)CC1. The van der Waals surface area contributed by atoms with Crippen molar-refractivity contribution in [1.29, 1.82) is 0 Å². The van der Waals surface area contributed by atoms with Crippen LogP contribution in [0.4, 0.5) is 29.3 Å². The first-order valence-corrected chi connectivity index (χ1v) is 13.2. The summed E-state index contributed by atoms with van der Waals surface area (Å²) in [7, 11) is 0. The van der Waals surface area contributed by atoms with Crippen LogP contribution in [0.15, 0.2) is 46.9 Å². The van der Waals surface area contributed by atoms with Gasteiger partial charge in [-0.15, -0.1) is 0 Å². The van der Waals surface area contributed by atoms with Gasteiger partial charge in [0.2, 0.25) is 5.91 Å². The van der Waals surface area contributed by atoms with Crippen molar-refractivity contribution in [2.24, 2.45) is 0 Å². The highest BCUT2D eigenvalue weighted by atomic mass is 79.9. The molecule has 2 amide bonds. The standard InChI is InChI=1S/C27H34BrF3N4O3/c1-5-33-12-14-34(15-13-33)17-19-6-9-21(16-23(19)27(29,30)31)32-24(36)18-35(25(37)38-26(2,3)4)22-10-7-20(28)8-11-22/h6-11,16H,5,12-15,17-18H2,1-4H3,(H,32,36). The minimum atomic E-state index is -4.58. The number of carbonyl (C=O) groups is 2. The summed E-state index contributed by atoms with van der Waals surface area (Å²) in [6.45, 7) is 10.9. The van der Waals surface area contributed by atoms with Gasteiger partial charge in [-0.1, -0.05) is 28.9 Å². The molecule has 0 unspecified atom stereocenters. The van der Waals surface area contributed by atoms with E-state index in [2.05, 4.69) is 33.1 Å². The predicted octanol–water partition coefficient (Wildman–Crippen LogP) is 5.99. The molecule has 1 fully saturated rings. The highest BCUT2D eigenvalue weighted by molar-refractivity contribution is 9.10. The van der Waals surface area contributed by atoms with E-state index in [0.29, 0.717) is 18.8 Å². The fourth-order valence-corrected chi connectivity index (χ4v) is 4.37. The molecule has 1 N–H and O–H groups in total. The molecule has 2 aromatic carbocycles. The minimum absolute atomic E-state index is 0.00169. The van der Waals surface area contributed by atoms with Crippen molar-refractivity contribution in [2.75, 3.05) is 49.5 Å². The number of nitrogens with one attached hydrogen (secondary N) is 1. The number of ether oxygens (including phenoxy) is 1. The Bertz CT molecular complexity index is 1110. The number of amides is 2. The van der Waals surface area contributed by atoms with Crippen molar-refractivity contribution < 1.29 is 27.5 Å². The Balaban J connectivity index is 1.76. The van der Waals surface area contributed by atoms with Crippen LogP contribution in [0.2, 0.25) is 0 Å². The van der Waals surface area contributed by atoms with E-state index in [9.17, 15) is 22.8 Å². The fourth-order valence-electron chi connectivity index (χ4n) is 4.10. The summed E-state index contributed by atoms with van der Waals surface area (Å²) in [6.07, 6.45) is -5.33. The molecule has 0 aliphatic carbocycles. The Morgan fingerprint density at radius 1 is 1.00 bits per heavy atom. The average molecular weight is 599 g/mol. The smallest absolute Gasteiger partial charge is 0.416 e. The minimum Gasteiger partial charge on any atom is -0.443 e. The highest BCUT2D eigenvalue weighted by Crippen LogP contribution is 2.34. The molecule has 1 saturated heterocycles. The normalized spacial score (nSPS) is 15.3. The zero-order chi connectivity index (χ0) is 28.1. The van der Waals surface area contributed by atoms with Crippen LogP contribution < -0.4 is 10.2 Å². The van der Waals surface area contributed by atoms with Crippen LogP contribution in [0, 0.1) is 0 Å². The van der Waals surface area contributed by atoms with Crippen LogP contribution in [-0.4, -0.2) is 66.7 Å². The van der Waals surface area contributed by atoms with E-state index in [4.69, 9.17) is 4.74 Å². The molecule has 0 spiro atoms. The molecular formula is C27H34BrF3N4O3. The second-order valence-corrected chi connectivity index (χ2v) is 11.1. The van der Waals surface area contributed by atoms with Crippen molar-refractivity contribution in [2.45, 2.75) is 46.0 Å². The van der Waals surface area contributed by atoms with E-state index in [0.717, 1.165) is 35.1 Å². The van der Waals surface area contributed by atoms with E-state index < -0.39 is 35.9 Å². The third-order valence-corrected chi connectivity index (χ3v) is 6.59. The van der Waals surface area contributed by atoms with E-state index in [1.54, 1.807) is 45.0 Å². The lowest BCUT2D eigenvalue weighted by Crippen LogP contribution is -2.45. The van der Waals surface area contributed by atoms with E-state index in [1.165, 1.54) is 12.1 Å². The van der Waals surface area contributed by atoms with Gasteiger partial charge in [-0.2, -0.15) is 13.2 Å². The van der Waals surface area contributed by atoms with Crippen molar-refractivity contribution in [3.63, 3.8) is 0 Å². The van der Waals surface area contributed by atoms with Crippen LogP contribution in [0.25, 0.3) is 0 Å². The van der Waals surface area contributed by atoms with Gasteiger partial charge < -0.3 is 15.0 Å². The molecule has 0 atom stereocenters. The summed E-state index contributed by atoms with van der Waals surface area (Å²) in [5.41, 5.74) is -1.02. The van der Waals surface area contributed by atoms with Crippen LogP contribution in [-0.2, 0) is 22.3 Å². The number of anilines is 2. The second kappa shape index (κ2) is 12.5. The lowest BCUT2D eigenvalue weighted by atomic mass is 10.0. The zero-order valence-corrected chi connectivity index (χ0v) is 23.7. The van der Waals surface area contributed by atoms with Crippen molar-refractivity contribution in [3.05, 3.63) is 58.1 Å². The van der Waals surface area contributed by atoms with Gasteiger partial charge in [0.05, 0.1) is 5.56 Å². The third kappa shape index (κ3) is 8.71. The topological polar surface area (TPSA) is 65.1 Å². The number of alkyl halides is 3. The van der Waals surface area contributed by atoms with Gasteiger partial charge in [-0.25, -0.2) is 4.79 Å². The summed E-state index contributed by atoms with van der Waals surface area (Å²) >= 11 is 3.33. The summed E-state index contributed by atoms with van der Waals surface area (Å²) < 4.78 is 48.1. The van der Waals surface area contributed by atoms with Gasteiger partial charge in [-0.3, -0.25) is 14.6 Å². The molecule has 0 radical (unpaired) electrons. The Morgan fingerprint density at radius 2 is 1.61 bits per heavy atom. The van der Waals surface area contributed by atoms with Crippen LogP contribution >= 0.6 is 15.9 Å². The monoisotopic (exact) mass is 598 g/mol. The summed E-state index contributed by atoms with van der Waals surface area (Å²) in [6, 6.07) is 10.5. The lowest BCUT2D eigenvalue weighted by Gasteiger charge is -2.34. The van der Waals surface area contributed by atoms with Gasteiger partial charge in [-0.05, 0) is 69.3 Å². The van der Waals surface area contributed by atoms with E-state index >= 15 is 0 Å². The molecule has 3 rings (SSSR count). The van der Waals surface area contributed by atoms with Crippen molar-refractivity contribution in [1.82, 2.24) is 9.80 Å². The first-order valence-electron chi connectivity index (χ1n) is 12.5. The Morgan fingerprint density at radius 3 is 2.16 bits per heavy atom. The number of nitrogens with zero attached hydrogens (tertiary/aromatic N) is 3. The predicted molar refractivity (Wildman–Crippen MR) is 145 cm³/mol. The molecule has 0 saturated carbocycles. The molecule has 1 aliphatic heterocycles. The Kier molecular flexibility index (Phi) is 9.83. The van der Waals surface area contributed by atoms with Gasteiger partial charge in [0.1, 0.15) is 12.1 Å². The number of carbonyl (C=O) groups excluding carboxylic acids is 2. The molecule has 0 bridgehead atoms. The number of likely N-dealkylation sites (N-methyl/N-ethyl adjacent to an activating group) is 1. The maximum atomic E-state index is 14.0. The number of benzene rings is 2. The van der Waals surface area contributed by atoms with Gasteiger partial charge in [0.25, 0.3) is 0 Å². The van der Waals surface area contributed by atoms with Crippen LogP contribution in [0.1, 0.15) is 38.8 Å². The molecule has 1 heterocycles. The van der Waals surface area contributed by atoms with Crippen LogP contribution in [0.3, 0.4) is 0 Å². The fraction of sp³-hybridized carbons (Fsp3) is 0.481. The molecule has 0 aromatic heterocycles. The quantitative estimate of drug-likeness (QED) is 0.424.